The second-order valence-corrected chi connectivity index (χ2v) is 14.6. The molecule has 0 radical (unpaired) electrons. The van der Waals surface area contributed by atoms with Gasteiger partial charge in [0.15, 0.2) is 0 Å². The molecule has 0 aliphatic carbocycles. The highest BCUT2D eigenvalue weighted by atomic mass is 31.2. The zero-order valence-electron chi connectivity index (χ0n) is 34.5. The van der Waals surface area contributed by atoms with Crippen molar-refractivity contribution in [2.75, 3.05) is 39.2 Å². The number of carbonyl (C=O) groups is 4. The molecule has 0 spiro atoms. The summed E-state index contributed by atoms with van der Waals surface area (Å²) >= 11 is 0. The molecule has 0 saturated carbocycles. The SMILES string of the molecule is CC(=O)Cc1ccc(O)cc1.CCOC(=O)/C=C(\C)Cc1ccc(O)cc1.CCOC(=O)CC(C)Cc1ccc(O)cc1.CCOC(=O)CP(=O)(OCC)OCC.[HH]. The van der Waals surface area contributed by atoms with Crippen molar-refractivity contribution >= 4 is 31.3 Å². The summed E-state index contributed by atoms with van der Waals surface area (Å²) in [6, 6.07) is 20.6. The number of aromatic hydroxyl groups is 3. The van der Waals surface area contributed by atoms with Gasteiger partial charge in [0.2, 0.25) is 0 Å². The lowest BCUT2D eigenvalue weighted by molar-refractivity contribution is -0.144. The third-order valence-electron chi connectivity index (χ3n) is 7.08. The Balaban J connectivity index is 0. The molecule has 0 heterocycles. The summed E-state index contributed by atoms with van der Waals surface area (Å²) in [4.78, 5) is 44.1. The lowest BCUT2D eigenvalue weighted by Gasteiger charge is -2.15. The van der Waals surface area contributed by atoms with Crippen molar-refractivity contribution in [3.8, 4) is 17.2 Å². The van der Waals surface area contributed by atoms with Crippen LogP contribution in [0.4, 0.5) is 0 Å². The lowest BCUT2D eigenvalue weighted by Crippen LogP contribution is -2.12. The molecule has 0 fully saturated rings. The van der Waals surface area contributed by atoms with Gasteiger partial charge in [-0.15, -0.1) is 0 Å². The largest absolute Gasteiger partial charge is 0.508 e. The van der Waals surface area contributed by atoms with E-state index in [1.165, 1.54) is 6.08 Å². The average molecular weight is 819 g/mol. The van der Waals surface area contributed by atoms with E-state index in [9.17, 15) is 23.7 Å². The van der Waals surface area contributed by atoms with Gasteiger partial charge >= 0.3 is 25.5 Å². The first-order valence-electron chi connectivity index (χ1n) is 18.9. The molecule has 0 aromatic heterocycles. The van der Waals surface area contributed by atoms with Crippen LogP contribution >= 0.6 is 7.60 Å². The van der Waals surface area contributed by atoms with Crippen LogP contribution < -0.4 is 0 Å². The molecule has 0 aliphatic rings. The Bertz CT molecular complexity index is 1670. The summed E-state index contributed by atoms with van der Waals surface area (Å²) in [5.41, 5.74) is 4.05. The van der Waals surface area contributed by atoms with Crippen molar-refractivity contribution in [1.29, 1.82) is 0 Å². The smallest absolute Gasteiger partial charge is 0.341 e. The van der Waals surface area contributed by atoms with E-state index in [1.54, 1.807) is 83.1 Å². The Hall–Kier alpha value is -4.97. The molecule has 0 amide bonds. The molecular formula is C43H63O13P. The number of carbonyl (C=O) groups excluding carboxylic acids is 4. The second kappa shape index (κ2) is 30.2. The van der Waals surface area contributed by atoms with Gasteiger partial charge in [-0.2, -0.15) is 0 Å². The minimum atomic E-state index is -3.28. The minimum absolute atomic E-state index is 0. The maximum absolute atomic E-state index is 11.8. The Morgan fingerprint density at radius 1 is 0.614 bits per heavy atom. The third-order valence-corrected chi connectivity index (χ3v) is 9.03. The van der Waals surface area contributed by atoms with Crippen molar-refractivity contribution in [3.05, 3.63) is 101 Å². The average Bonchev–Trinajstić information content (AvgIpc) is 3.12. The van der Waals surface area contributed by atoms with E-state index < -0.39 is 13.6 Å². The van der Waals surface area contributed by atoms with Crippen LogP contribution in [-0.2, 0) is 66.3 Å². The monoisotopic (exact) mass is 818 g/mol. The number of rotatable bonds is 18. The van der Waals surface area contributed by atoms with Crippen LogP contribution in [0.3, 0.4) is 0 Å². The number of Topliss-reactive ketones (excluding diaryl/α,β-unsaturated/α-hetero) is 1. The molecule has 1 unspecified atom stereocenters. The summed E-state index contributed by atoms with van der Waals surface area (Å²) in [6.07, 6.45) is 3.56. The van der Waals surface area contributed by atoms with Crippen LogP contribution in [0, 0.1) is 5.92 Å². The number of phenolic OH excluding ortho intramolecular Hbond substituents is 3. The number of benzene rings is 3. The molecule has 57 heavy (non-hydrogen) atoms. The van der Waals surface area contributed by atoms with Gasteiger partial charge in [0.05, 0.1) is 33.0 Å². The maximum atomic E-state index is 11.8. The zero-order chi connectivity index (χ0) is 43.2. The fourth-order valence-corrected chi connectivity index (χ4v) is 6.22. The van der Waals surface area contributed by atoms with Gasteiger partial charge in [-0.1, -0.05) is 48.9 Å². The van der Waals surface area contributed by atoms with E-state index >= 15 is 0 Å². The van der Waals surface area contributed by atoms with Crippen molar-refractivity contribution in [1.82, 2.24) is 0 Å². The van der Waals surface area contributed by atoms with Gasteiger partial charge in [0.1, 0.15) is 29.2 Å². The fourth-order valence-electron chi connectivity index (χ4n) is 4.77. The molecule has 3 rings (SSSR count). The molecule has 3 aromatic rings. The van der Waals surface area contributed by atoms with Gasteiger partial charge in [0.25, 0.3) is 0 Å². The van der Waals surface area contributed by atoms with Crippen molar-refractivity contribution < 1.29 is 63.7 Å². The fraction of sp³-hybridized carbons (Fsp3) is 0.442. The maximum Gasteiger partial charge on any atom is 0.341 e. The normalized spacial score (nSPS) is 11.2. The molecule has 0 saturated heterocycles. The Kier molecular flexibility index (Phi) is 27.6. The quantitative estimate of drug-likeness (QED) is 0.0479. The Morgan fingerprint density at radius 3 is 1.42 bits per heavy atom. The Labute approximate surface area is 339 Å². The number of ketones is 1. The standard InChI is InChI=1S/C13H18O3.C13H16O3.C9H10O2.C8H17O5P.H2/c2*1-3-16-13(15)9-10(2)8-11-4-6-12(14)7-5-11;1-7(10)6-8-2-4-9(11)5-3-8;1-4-11-8(9)7-14(10,12-5-2)13-6-3;/h4-7,10,14H,3,8-9H2,1-2H3;4-7,9,14H,3,8H2,1-2H3;2-5,11H,6H2,1H3;4-7H2,1-3H3;1H/b;10-9+;;;. The van der Waals surface area contributed by atoms with Crippen molar-refractivity contribution in [2.45, 2.75) is 81.1 Å². The van der Waals surface area contributed by atoms with E-state index in [-0.39, 0.29) is 68.3 Å². The van der Waals surface area contributed by atoms with Crippen LogP contribution in [0.5, 0.6) is 17.2 Å². The molecule has 0 bridgehead atoms. The van der Waals surface area contributed by atoms with Gasteiger partial charge in [-0.3, -0.25) is 18.9 Å². The number of allylic oxidation sites excluding steroid dienone is 1. The van der Waals surface area contributed by atoms with E-state index in [2.05, 4.69) is 4.74 Å². The van der Waals surface area contributed by atoms with E-state index in [1.807, 2.05) is 45.0 Å². The molecule has 13 nitrogen and oxygen atoms in total. The van der Waals surface area contributed by atoms with E-state index in [0.717, 1.165) is 28.7 Å². The predicted molar refractivity (Wildman–Crippen MR) is 221 cm³/mol. The highest BCUT2D eigenvalue weighted by Gasteiger charge is 2.28. The molecule has 0 aliphatic heterocycles. The van der Waals surface area contributed by atoms with Gasteiger partial charge in [-0.05, 0) is 120 Å². The summed E-state index contributed by atoms with van der Waals surface area (Å²) in [6.45, 7) is 15.7. The number of hydrogen-bond acceptors (Lipinski definition) is 13. The number of phenols is 3. The summed E-state index contributed by atoms with van der Waals surface area (Å²) in [5.74, 6) is 0.124. The van der Waals surface area contributed by atoms with Crippen LogP contribution in [0.15, 0.2) is 84.4 Å². The lowest BCUT2D eigenvalue weighted by atomic mass is 9.98. The molecule has 318 valence electrons. The highest BCUT2D eigenvalue weighted by Crippen LogP contribution is 2.47. The van der Waals surface area contributed by atoms with E-state index in [0.29, 0.717) is 32.5 Å². The number of ether oxygens (including phenoxy) is 3. The van der Waals surface area contributed by atoms with Crippen LogP contribution in [0.25, 0.3) is 0 Å². The van der Waals surface area contributed by atoms with Gasteiger partial charge < -0.3 is 38.6 Å². The molecule has 1 atom stereocenters. The van der Waals surface area contributed by atoms with Crippen LogP contribution in [-0.4, -0.2) is 78.2 Å². The predicted octanol–water partition coefficient (Wildman–Crippen LogP) is 8.55. The number of esters is 3. The zero-order valence-corrected chi connectivity index (χ0v) is 35.4. The van der Waals surface area contributed by atoms with Crippen LogP contribution in [0.2, 0.25) is 0 Å². The molecule has 3 N–H and O–H groups in total. The first-order valence-corrected chi connectivity index (χ1v) is 20.6. The van der Waals surface area contributed by atoms with Crippen molar-refractivity contribution in [3.63, 3.8) is 0 Å². The summed E-state index contributed by atoms with van der Waals surface area (Å²) in [7, 11) is -3.28. The first-order chi connectivity index (χ1) is 27.0. The highest BCUT2D eigenvalue weighted by molar-refractivity contribution is 7.54. The second-order valence-electron chi connectivity index (χ2n) is 12.5. The van der Waals surface area contributed by atoms with E-state index in [4.69, 9.17) is 33.8 Å². The molecule has 3 aromatic carbocycles. The number of hydrogen-bond donors (Lipinski definition) is 3. The molecular weight excluding hydrogens is 755 g/mol. The van der Waals surface area contributed by atoms with Crippen molar-refractivity contribution in [2.24, 2.45) is 5.92 Å². The summed E-state index contributed by atoms with van der Waals surface area (Å²) < 4.78 is 36.0. The van der Waals surface area contributed by atoms with Gasteiger partial charge in [-0.25, -0.2) is 4.79 Å². The first kappa shape index (κ1) is 52.0. The van der Waals surface area contributed by atoms with Gasteiger partial charge in [0, 0.05) is 20.3 Å². The summed E-state index contributed by atoms with van der Waals surface area (Å²) in [5, 5.41) is 27.2. The topological polar surface area (TPSA) is 192 Å². The minimum Gasteiger partial charge on any atom is -0.508 e. The molecule has 14 heteroatoms. The third kappa shape index (κ3) is 27.3. The Morgan fingerprint density at radius 2 is 1.02 bits per heavy atom. The van der Waals surface area contributed by atoms with Crippen LogP contribution in [0.1, 0.15) is 79.9 Å².